The molecule has 1 aliphatic heterocycles. The summed E-state index contributed by atoms with van der Waals surface area (Å²) < 4.78 is 3.46. The summed E-state index contributed by atoms with van der Waals surface area (Å²) in [4.78, 5) is 14.7. The Hall–Kier alpha value is -2.70. The number of aromatic nitrogens is 5. The summed E-state index contributed by atoms with van der Waals surface area (Å²) in [7, 11) is 1.89. The highest BCUT2D eigenvalue weighted by Gasteiger charge is 2.31. The number of amides is 1. The molecule has 1 amide bonds. The minimum absolute atomic E-state index is 0.0759. The van der Waals surface area contributed by atoms with E-state index < -0.39 is 0 Å². The van der Waals surface area contributed by atoms with Gasteiger partial charge in [0.25, 0.3) is 0 Å². The molecule has 2 aromatic heterocycles. The summed E-state index contributed by atoms with van der Waals surface area (Å²) in [5.41, 5.74) is 2.80. The molecule has 1 unspecified atom stereocenters. The van der Waals surface area contributed by atoms with Gasteiger partial charge >= 0.3 is 0 Å². The lowest BCUT2D eigenvalue weighted by Gasteiger charge is -2.23. The molecule has 1 saturated heterocycles. The highest BCUT2D eigenvalue weighted by molar-refractivity contribution is 5.80. The molecule has 1 fully saturated rings. The van der Waals surface area contributed by atoms with E-state index in [4.69, 9.17) is 0 Å². The maximum atomic E-state index is 12.8. The van der Waals surface area contributed by atoms with Crippen LogP contribution in [0.1, 0.15) is 24.4 Å². The second-order valence-corrected chi connectivity index (χ2v) is 5.93. The standard InChI is InChI=1S/C16H18N6O/c1-20-10-12(9-17-20)14-7-4-8-21(14)16(23)11-22-15-6-3-2-5-13(15)18-19-22/h2-3,5-6,9-10,14H,4,7-8,11H2,1H3. The van der Waals surface area contributed by atoms with Crippen molar-refractivity contribution in [3.63, 3.8) is 0 Å². The average Bonchev–Trinajstić information content (AvgIpc) is 3.26. The smallest absolute Gasteiger partial charge is 0.244 e. The van der Waals surface area contributed by atoms with Crippen LogP contribution in [0, 0.1) is 0 Å². The van der Waals surface area contributed by atoms with Gasteiger partial charge < -0.3 is 4.90 Å². The van der Waals surface area contributed by atoms with Gasteiger partial charge in [0.05, 0.1) is 17.8 Å². The van der Waals surface area contributed by atoms with Gasteiger partial charge in [-0.25, -0.2) is 4.68 Å². The number of likely N-dealkylation sites (tertiary alicyclic amines) is 1. The predicted octanol–water partition coefficient (Wildman–Crippen LogP) is 1.53. The molecule has 0 spiro atoms. The van der Waals surface area contributed by atoms with E-state index in [-0.39, 0.29) is 18.5 Å². The van der Waals surface area contributed by atoms with Crippen LogP contribution in [0.4, 0.5) is 0 Å². The van der Waals surface area contributed by atoms with Crippen molar-refractivity contribution in [2.45, 2.75) is 25.4 Å². The Morgan fingerprint density at radius 1 is 1.35 bits per heavy atom. The van der Waals surface area contributed by atoms with Crippen molar-refractivity contribution in [1.82, 2.24) is 29.7 Å². The van der Waals surface area contributed by atoms with E-state index in [0.29, 0.717) is 0 Å². The van der Waals surface area contributed by atoms with Gasteiger partial charge in [-0.15, -0.1) is 5.10 Å². The first-order valence-electron chi connectivity index (χ1n) is 7.78. The molecule has 3 aromatic rings. The Morgan fingerprint density at radius 3 is 3.04 bits per heavy atom. The van der Waals surface area contributed by atoms with Crippen molar-refractivity contribution >= 4 is 16.9 Å². The number of carbonyl (C=O) groups excluding carboxylic acids is 1. The third kappa shape index (κ3) is 2.48. The Labute approximate surface area is 133 Å². The van der Waals surface area contributed by atoms with Crippen molar-refractivity contribution in [3.8, 4) is 0 Å². The molecule has 1 aromatic carbocycles. The molecule has 118 valence electrons. The molecule has 0 bridgehead atoms. The number of carbonyl (C=O) groups is 1. The third-order valence-electron chi connectivity index (χ3n) is 4.39. The molecule has 1 aliphatic rings. The molecule has 0 saturated carbocycles. The molecule has 0 N–H and O–H groups in total. The fourth-order valence-electron chi connectivity index (χ4n) is 3.28. The summed E-state index contributed by atoms with van der Waals surface area (Å²) in [6, 6.07) is 7.80. The predicted molar refractivity (Wildman–Crippen MR) is 84.4 cm³/mol. The molecular formula is C16H18N6O. The van der Waals surface area contributed by atoms with E-state index in [1.54, 1.807) is 9.36 Å². The zero-order valence-electron chi connectivity index (χ0n) is 13.0. The number of hydrogen-bond donors (Lipinski definition) is 0. The number of para-hydroxylation sites is 1. The van der Waals surface area contributed by atoms with E-state index in [0.717, 1.165) is 36.0 Å². The molecule has 3 heterocycles. The van der Waals surface area contributed by atoms with Crippen LogP contribution in [0.5, 0.6) is 0 Å². The highest BCUT2D eigenvalue weighted by atomic mass is 16.2. The van der Waals surface area contributed by atoms with Crippen LogP contribution in [-0.2, 0) is 18.4 Å². The van der Waals surface area contributed by atoms with E-state index in [9.17, 15) is 4.79 Å². The summed E-state index contributed by atoms with van der Waals surface area (Å²) in [6.45, 7) is 1.00. The minimum Gasteiger partial charge on any atom is -0.334 e. The Bertz CT molecular complexity index is 851. The summed E-state index contributed by atoms with van der Waals surface area (Å²) >= 11 is 0. The lowest BCUT2D eigenvalue weighted by molar-refractivity contribution is -0.132. The SMILES string of the molecule is Cn1cc(C2CCCN2C(=O)Cn2nnc3ccccc32)cn1. The monoisotopic (exact) mass is 310 g/mol. The molecule has 7 heteroatoms. The zero-order valence-corrected chi connectivity index (χ0v) is 13.0. The van der Waals surface area contributed by atoms with Crippen LogP contribution in [0.2, 0.25) is 0 Å². The normalized spacial score (nSPS) is 18.0. The first kappa shape index (κ1) is 13.9. The highest BCUT2D eigenvalue weighted by Crippen LogP contribution is 2.31. The zero-order chi connectivity index (χ0) is 15.8. The molecule has 1 atom stereocenters. The van der Waals surface area contributed by atoms with Crippen LogP contribution in [0.15, 0.2) is 36.7 Å². The number of rotatable bonds is 3. The van der Waals surface area contributed by atoms with Gasteiger partial charge in [0.1, 0.15) is 12.1 Å². The van der Waals surface area contributed by atoms with E-state index >= 15 is 0 Å². The Balaban J connectivity index is 1.56. The van der Waals surface area contributed by atoms with Gasteiger partial charge in [-0.05, 0) is 25.0 Å². The first-order chi connectivity index (χ1) is 11.2. The van der Waals surface area contributed by atoms with Crippen molar-refractivity contribution < 1.29 is 4.79 Å². The molecule has 4 rings (SSSR count). The van der Waals surface area contributed by atoms with Gasteiger partial charge in [-0.3, -0.25) is 9.48 Å². The Kier molecular flexibility index (Phi) is 3.33. The number of benzene rings is 1. The maximum absolute atomic E-state index is 12.8. The Morgan fingerprint density at radius 2 is 2.22 bits per heavy atom. The lowest BCUT2D eigenvalue weighted by Crippen LogP contribution is -2.33. The van der Waals surface area contributed by atoms with E-state index in [2.05, 4.69) is 15.4 Å². The number of nitrogens with zero attached hydrogens (tertiary/aromatic N) is 6. The fraction of sp³-hybridized carbons (Fsp3) is 0.375. The summed E-state index contributed by atoms with van der Waals surface area (Å²) in [5.74, 6) is 0.0759. The lowest BCUT2D eigenvalue weighted by atomic mass is 10.1. The fourth-order valence-corrected chi connectivity index (χ4v) is 3.28. The molecule has 7 nitrogen and oxygen atoms in total. The van der Waals surface area contributed by atoms with Gasteiger partial charge in [0.2, 0.25) is 5.91 Å². The average molecular weight is 310 g/mol. The minimum atomic E-state index is 0.0759. The van der Waals surface area contributed by atoms with E-state index in [1.165, 1.54) is 0 Å². The summed E-state index contributed by atoms with van der Waals surface area (Å²) in [5, 5.41) is 12.4. The molecule has 23 heavy (non-hydrogen) atoms. The van der Waals surface area contributed by atoms with Crippen molar-refractivity contribution in [3.05, 3.63) is 42.2 Å². The number of fused-ring (bicyclic) bond motifs is 1. The third-order valence-corrected chi connectivity index (χ3v) is 4.39. The van der Waals surface area contributed by atoms with Gasteiger partial charge in [-0.2, -0.15) is 5.10 Å². The van der Waals surface area contributed by atoms with Crippen LogP contribution in [0.25, 0.3) is 11.0 Å². The van der Waals surface area contributed by atoms with Crippen molar-refractivity contribution in [2.24, 2.45) is 7.05 Å². The van der Waals surface area contributed by atoms with Gasteiger partial charge in [-0.1, -0.05) is 17.3 Å². The maximum Gasteiger partial charge on any atom is 0.244 e. The first-order valence-corrected chi connectivity index (χ1v) is 7.78. The second-order valence-electron chi connectivity index (χ2n) is 5.93. The molecule has 0 aliphatic carbocycles. The van der Waals surface area contributed by atoms with Crippen molar-refractivity contribution in [1.29, 1.82) is 0 Å². The topological polar surface area (TPSA) is 68.8 Å². The van der Waals surface area contributed by atoms with E-state index in [1.807, 2.05) is 48.6 Å². The quantitative estimate of drug-likeness (QED) is 0.735. The van der Waals surface area contributed by atoms with Gasteiger partial charge in [0, 0.05) is 25.4 Å². The molecule has 0 radical (unpaired) electrons. The number of aryl methyl sites for hydroxylation is 1. The van der Waals surface area contributed by atoms with Crippen LogP contribution < -0.4 is 0 Å². The summed E-state index contributed by atoms with van der Waals surface area (Å²) in [6.07, 6.45) is 5.83. The van der Waals surface area contributed by atoms with Crippen LogP contribution in [0.3, 0.4) is 0 Å². The number of hydrogen-bond acceptors (Lipinski definition) is 4. The largest absolute Gasteiger partial charge is 0.334 e. The molecular weight excluding hydrogens is 292 g/mol. The second kappa shape index (κ2) is 5.49. The van der Waals surface area contributed by atoms with Crippen LogP contribution in [-0.4, -0.2) is 42.1 Å². The van der Waals surface area contributed by atoms with Gasteiger partial charge in [0.15, 0.2) is 0 Å². The van der Waals surface area contributed by atoms with Crippen molar-refractivity contribution in [2.75, 3.05) is 6.54 Å². The van der Waals surface area contributed by atoms with Crippen LogP contribution >= 0.6 is 0 Å².